The number of benzene rings is 1. The van der Waals surface area contributed by atoms with E-state index in [1.165, 1.54) is 20.9 Å². The Kier molecular flexibility index (Phi) is 5.32. The zero-order chi connectivity index (χ0) is 14.5. The molecule has 2 nitrogen and oxygen atoms in total. The third kappa shape index (κ3) is 4.15. The molecule has 0 aliphatic rings. The molecule has 1 heterocycles. The molecule has 1 aromatic carbocycles. The molecule has 0 unspecified atom stereocenters. The van der Waals surface area contributed by atoms with E-state index in [1.54, 1.807) is 18.0 Å². The monoisotopic (exact) mass is 289 g/mol. The second-order valence-corrected chi connectivity index (χ2v) is 6.67. The highest BCUT2D eigenvalue weighted by Gasteiger charge is 2.06. The minimum atomic E-state index is 0.689. The summed E-state index contributed by atoms with van der Waals surface area (Å²) < 4.78 is 5.34. The van der Waals surface area contributed by atoms with E-state index < -0.39 is 0 Å². The Balaban J connectivity index is 2.00. The molecule has 3 heteroatoms. The molecular formula is C17H23NOS. The summed E-state index contributed by atoms with van der Waals surface area (Å²) in [4.78, 5) is 2.45. The third-order valence-corrected chi connectivity index (χ3v) is 4.35. The third-order valence-electron chi connectivity index (χ3n) is 3.22. The maximum Gasteiger partial charge on any atom is 0.114 e. The lowest BCUT2D eigenvalue weighted by atomic mass is 10.1. The van der Waals surface area contributed by atoms with Crippen LogP contribution in [0.25, 0.3) is 0 Å². The van der Waals surface area contributed by atoms with Crippen LogP contribution in [-0.4, -0.2) is 6.54 Å². The molecule has 2 aromatic rings. The summed E-state index contributed by atoms with van der Waals surface area (Å²) in [5, 5.41) is 3.49. The molecule has 2 rings (SSSR count). The van der Waals surface area contributed by atoms with Gasteiger partial charge in [0.2, 0.25) is 0 Å². The van der Waals surface area contributed by atoms with Crippen LogP contribution in [0.3, 0.4) is 0 Å². The minimum Gasteiger partial charge on any atom is -0.468 e. The van der Waals surface area contributed by atoms with Gasteiger partial charge in [-0.1, -0.05) is 31.7 Å². The van der Waals surface area contributed by atoms with Crippen molar-refractivity contribution in [3.05, 3.63) is 47.4 Å². The van der Waals surface area contributed by atoms with E-state index in [1.807, 2.05) is 13.0 Å². The Morgan fingerprint density at radius 2 is 2.00 bits per heavy atom. The second kappa shape index (κ2) is 7.00. The fourth-order valence-electron chi connectivity index (χ4n) is 2.03. The van der Waals surface area contributed by atoms with Gasteiger partial charge in [0.1, 0.15) is 5.76 Å². The minimum absolute atomic E-state index is 0.689. The van der Waals surface area contributed by atoms with E-state index in [9.17, 15) is 0 Å². The fraction of sp³-hybridized carbons (Fsp3) is 0.412. The molecule has 0 atom stereocenters. The van der Waals surface area contributed by atoms with E-state index in [-0.39, 0.29) is 0 Å². The van der Waals surface area contributed by atoms with Gasteiger partial charge in [0.15, 0.2) is 0 Å². The quantitative estimate of drug-likeness (QED) is 0.827. The van der Waals surface area contributed by atoms with E-state index >= 15 is 0 Å². The Hall–Kier alpha value is -1.19. The molecule has 0 saturated heterocycles. The van der Waals surface area contributed by atoms with Crippen molar-refractivity contribution in [1.29, 1.82) is 0 Å². The number of nitrogens with one attached hydrogen (secondary N) is 1. The van der Waals surface area contributed by atoms with Gasteiger partial charge in [-0.2, -0.15) is 0 Å². The summed E-state index contributed by atoms with van der Waals surface area (Å²) in [7, 11) is 0. The van der Waals surface area contributed by atoms with Crippen LogP contribution in [0, 0.1) is 19.8 Å². The smallest absolute Gasteiger partial charge is 0.114 e. The highest BCUT2D eigenvalue weighted by Crippen LogP contribution is 2.31. The van der Waals surface area contributed by atoms with Crippen molar-refractivity contribution in [2.45, 2.75) is 44.0 Å². The maximum absolute atomic E-state index is 5.34. The highest BCUT2D eigenvalue weighted by molar-refractivity contribution is 7.99. The first kappa shape index (κ1) is 15.2. The molecule has 1 aromatic heterocycles. The molecule has 0 aliphatic heterocycles. The van der Waals surface area contributed by atoms with Crippen LogP contribution in [0.2, 0.25) is 0 Å². The Morgan fingerprint density at radius 3 is 2.60 bits per heavy atom. The zero-order valence-electron chi connectivity index (χ0n) is 12.7. The van der Waals surface area contributed by atoms with Crippen LogP contribution < -0.4 is 5.32 Å². The summed E-state index contributed by atoms with van der Waals surface area (Å²) in [5.74, 6) is 1.67. The Morgan fingerprint density at radius 1 is 1.20 bits per heavy atom. The van der Waals surface area contributed by atoms with Gasteiger partial charge in [-0.05, 0) is 55.6 Å². The molecule has 0 fully saturated rings. The van der Waals surface area contributed by atoms with Crippen LogP contribution >= 0.6 is 11.8 Å². The zero-order valence-corrected chi connectivity index (χ0v) is 13.5. The molecule has 1 N–H and O–H groups in total. The molecule has 0 aliphatic carbocycles. The average Bonchev–Trinajstić information content (AvgIpc) is 2.77. The molecule has 0 amide bonds. The summed E-state index contributed by atoms with van der Waals surface area (Å²) >= 11 is 1.76. The molecule has 0 saturated carbocycles. The van der Waals surface area contributed by atoms with Gasteiger partial charge < -0.3 is 9.73 Å². The van der Waals surface area contributed by atoms with Gasteiger partial charge in [-0.3, -0.25) is 0 Å². The van der Waals surface area contributed by atoms with Crippen molar-refractivity contribution in [1.82, 2.24) is 5.32 Å². The molecule has 108 valence electrons. The van der Waals surface area contributed by atoms with Gasteiger partial charge in [-0.25, -0.2) is 0 Å². The summed E-state index contributed by atoms with van der Waals surface area (Å²) in [5.41, 5.74) is 2.71. The molecule has 0 bridgehead atoms. The maximum atomic E-state index is 5.34. The number of furan rings is 1. The van der Waals surface area contributed by atoms with Gasteiger partial charge in [-0.15, -0.1) is 0 Å². The van der Waals surface area contributed by atoms with Crippen molar-refractivity contribution < 1.29 is 4.42 Å². The summed E-state index contributed by atoms with van der Waals surface area (Å²) in [6.45, 7) is 10.6. The van der Waals surface area contributed by atoms with Crippen molar-refractivity contribution in [2.75, 3.05) is 6.54 Å². The van der Waals surface area contributed by atoms with Crippen LogP contribution in [0.1, 0.15) is 30.7 Å². The van der Waals surface area contributed by atoms with Crippen LogP contribution in [0.5, 0.6) is 0 Å². The number of hydrogen-bond donors (Lipinski definition) is 1. The van der Waals surface area contributed by atoms with Crippen molar-refractivity contribution in [3.8, 4) is 0 Å². The van der Waals surface area contributed by atoms with E-state index in [0.29, 0.717) is 5.92 Å². The molecule has 0 radical (unpaired) electrons. The lowest BCUT2D eigenvalue weighted by molar-refractivity contribution is 0.527. The normalized spacial score (nSPS) is 11.2. The first-order chi connectivity index (χ1) is 9.56. The topological polar surface area (TPSA) is 25.2 Å². The van der Waals surface area contributed by atoms with Gasteiger partial charge >= 0.3 is 0 Å². The van der Waals surface area contributed by atoms with Gasteiger partial charge in [0.25, 0.3) is 0 Å². The Bertz CT molecular complexity index is 560. The lowest BCUT2D eigenvalue weighted by Gasteiger charge is -2.11. The van der Waals surface area contributed by atoms with E-state index in [4.69, 9.17) is 4.42 Å². The van der Waals surface area contributed by atoms with Gasteiger partial charge in [0, 0.05) is 11.4 Å². The molecule has 0 spiro atoms. The number of rotatable bonds is 6. The predicted molar refractivity (Wildman–Crippen MR) is 85.3 cm³/mol. The predicted octanol–water partition coefficient (Wildman–Crippen LogP) is 4.79. The number of aryl methyl sites for hydroxylation is 2. The van der Waals surface area contributed by atoms with Crippen LogP contribution in [-0.2, 0) is 6.54 Å². The number of hydrogen-bond acceptors (Lipinski definition) is 3. The largest absolute Gasteiger partial charge is 0.468 e. The first-order valence-corrected chi connectivity index (χ1v) is 7.90. The van der Waals surface area contributed by atoms with Crippen molar-refractivity contribution >= 4 is 11.8 Å². The lowest BCUT2D eigenvalue weighted by Crippen LogP contribution is -2.19. The summed E-state index contributed by atoms with van der Waals surface area (Å²) in [6.07, 6.45) is 1.74. The van der Waals surface area contributed by atoms with Crippen molar-refractivity contribution in [3.63, 3.8) is 0 Å². The average molecular weight is 289 g/mol. The van der Waals surface area contributed by atoms with Crippen LogP contribution in [0.15, 0.2) is 44.7 Å². The molecular weight excluding hydrogens is 266 g/mol. The summed E-state index contributed by atoms with van der Waals surface area (Å²) in [6, 6.07) is 8.69. The second-order valence-electron chi connectivity index (χ2n) is 5.56. The SMILES string of the molecule is Cc1cc(Sc2ccoc2C)ccc1CNCC(C)C. The van der Waals surface area contributed by atoms with Crippen molar-refractivity contribution in [2.24, 2.45) is 5.92 Å². The molecule has 20 heavy (non-hydrogen) atoms. The highest BCUT2D eigenvalue weighted by atomic mass is 32.2. The standard InChI is InChI=1S/C17H23NOS/c1-12(2)10-18-11-15-5-6-16(9-13(15)3)20-17-7-8-19-14(17)4/h5-9,12,18H,10-11H2,1-4H3. The first-order valence-electron chi connectivity index (χ1n) is 7.08. The Labute approximate surface area is 126 Å². The van der Waals surface area contributed by atoms with E-state index in [2.05, 4.69) is 44.3 Å². The van der Waals surface area contributed by atoms with Gasteiger partial charge in [0.05, 0.1) is 11.2 Å². The fourth-order valence-corrected chi connectivity index (χ4v) is 2.97. The van der Waals surface area contributed by atoms with E-state index in [0.717, 1.165) is 18.8 Å². The van der Waals surface area contributed by atoms with Crippen LogP contribution in [0.4, 0.5) is 0 Å².